The van der Waals surface area contributed by atoms with Crippen molar-refractivity contribution >= 4 is 58.2 Å². The number of esters is 1. The van der Waals surface area contributed by atoms with Crippen LogP contribution in [0.25, 0.3) is 6.08 Å². The van der Waals surface area contributed by atoms with Gasteiger partial charge in [0, 0.05) is 10.0 Å². The van der Waals surface area contributed by atoms with Gasteiger partial charge in [0.05, 0.1) is 11.5 Å². The number of imide groups is 1. The molecule has 1 aromatic carbocycles. The highest BCUT2D eigenvalue weighted by Gasteiger charge is 2.36. The van der Waals surface area contributed by atoms with Crippen molar-refractivity contribution in [3.8, 4) is 0 Å². The Balaban J connectivity index is 2.08. The highest BCUT2D eigenvalue weighted by Crippen LogP contribution is 2.33. The number of thioether (sulfide) groups is 1. The standard InChI is InChI=1S/C16H15Cl2NO4S/c1-2-3-6-23-14(20)9-19-15(21)13(24-16(19)22)7-10-4-5-11(17)8-12(10)18/h4-5,7-8H,2-3,6,9H2,1H3/b13-7+. The normalized spacial score (nSPS) is 16.1. The number of nitrogens with zero attached hydrogens (tertiary/aromatic N) is 1. The number of carbonyl (C=O) groups is 3. The Morgan fingerprint density at radius 1 is 1.33 bits per heavy atom. The summed E-state index contributed by atoms with van der Waals surface area (Å²) < 4.78 is 4.98. The predicted molar refractivity (Wildman–Crippen MR) is 95.0 cm³/mol. The van der Waals surface area contributed by atoms with Gasteiger partial charge < -0.3 is 4.74 Å². The summed E-state index contributed by atoms with van der Waals surface area (Å²) in [5, 5.41) is 0.331. The molecule has 1 saturated heterocycles. The third kappa shape index (κ3) is 4.75. The molecular formula is C16H15Cl2NO4S. The molecule has 1 heterocycles. The Bertz CT molecular complexity index is 705. The summed E-state index contributed by atoms with van der Waals surface area (Å²) in [5.74, 6) is -1.14. The van der Waals surface area contributed by atoms with Gasteiger partial charge in [-0.05, 0) is 42.0 Å². The van der Waals surface area contributed by atoms with E-state index in [1.165, 1.54) is 6.08 Å². The molecule has 0 saturated carbocycles. The zero-order valence-corrected chi connectivity index (χ0v) is 15.2. The Hall–Kier alpha value is -1.50. The summed E-state index contributed by atoms with van der Waals surface area (Å²) in [6.07, 6.45) is 3.13. The summed E-state index contributed by atoms with van der Waals surface area (Å²) in [5.41, 5.74) is 0.567. The molecule has 1 aromatic rings. The maximum absolute atomic E-state index is 12.3. The van der Waals surface area contributed by atoms with Crippen LogP contribution in [-0.2, 0) is 14.3 Å². The van der Waals surface area contributed by atoms with Gasteiger partial charge >= 0.3 is 5.97 Å². The first kappa shape index (κ1) is 18.8. The van der Waals surface area contributed by atoms with Gasteiger partial charge in [-0.15, -0.1) is 0 Å². The molecule has 5 nitrogen and oxygen atoms in total. The number of unbranched alkanes of at least 4 members (excludes halogenated alkanes) is 1. The topological polar surface area (TPSA) is 63.7 Å². The minimum absolute atomic E-state index is 0.200. The number of amides is 2. The molecule has 1 aliphatic rings. The van der Waals surface area contributed by atoms with Crippen molar-refractivity contribution in [3.63, 3.8) is 0 Å². The zero-order valence-electron chi connectivity index (χ0n) is 12.9. The van der Waals surface area contributed by atoms with Crippen LogP contribution in [0.15, 0.2) is 23.1 Å². The Morgan fingerprint density at radius 3 is 2.75 bits per heavy atom. The summed E-state index contributed by atoms with van der Waals surface area (Å²) in [6, 6.07) is 4.83. The lowest BCUT2D eigenvalue weighted by Crippen LogP contribution is -2.34. The molecule has 0 bridgehead atoms. The van der Waals surface area contributed by atoms with E-state index in [0.29, 0.717) is 15.6 Å². The number of hydrogen-bond donors (Lipinski definition) is 0. The smallest absolute Gasteiger partial charge is 0.326 e. The largest absolute Gasteiger partial charge is 0.464 e. The minimum atomic E-state index is -0.600. The second-order valence-electron chi connectivity index (χ2n) is 5.01. The SMILES string of the molecule is CCCCOC(=O)CN1C(=O)S/C(=C/c2ccc(Cl)cc2Cl)C1=O. The van der Waals surface area contributed by atoms with Gasteiger partial charge in [-0.3, -0.25) is 19.3 Å². The van der Waals surface area contributed by atoms with E-state index in [9.17, 15) is 14.4 Å². The van der Waals surface area contributed by atoms with Gasteiger partial charge in [-0.2, -0.15) is 0 Å². The summed E-state index contributed by atoms with van der Waals surface area (Å²) in [4.78, 5) is 37.0. The number of ether oxygens (including phenoxy) is 1. The lowest BCUT2D eigenvalue weighted by atomic mass is 10.2. The van der Waals surface area contributed by atoms with E-state index >= 15 is 0 Å². The summed E-state index contributed by atoms with van der Waals surface area (Å²) in [7, 11) is 0. The Labute approximate surface area is 153 Å². The van der Waals surface area contributed by atoms with E-state index < -0.39 is 17.1 Å². The number of rotatable bonds is 6. The van der Waals surface area contributed by atoms with E-state index in [2.05, 4.69) is 0 Å². The molecule has 0 radical (unpaired) electrons. The van der Waals surface area contributed by atoms with Crippen LogP contribution in [0.1, 0.15) is 25.3 Å². The second kappa shape index (κ2) is 8.55. The first-order valence-electron chi connectivity index (χ1n) is 7.28. The quantitative estimate of drug-likeness (QED) is 0.411. The van der Waals surface area contributed by atoms with Crippen LogP contribution in [0.2, 0.25) is 10.0 Å². The average molecular weight is 388 g/mol. The van der Waals surface area contributed by atoms with Gasteiger partial charge in [0.1, 0.15) is 6.54 Å². The number of benzene rings is 1. The van der Waals surface area contributed by atoms with Crippen LogP contribution in [0.4, 0.5) is 4.79 Å². The molecule has 0 aliphatic carbocycles. The molecule has 24 heavy (non-hydrogen) atoms. The molecule has 0 spiro atoms. The lowest BCUT2D eigenvalue weighted by Gasteiger charge is -2.11. The summed E-state index contributed by atoms with van der Waals surface area (Å²) in [6.45, 7) is 1.86. The molecule has 0 unspecified atom stereocenters. The predicted octanol–water partition coefficient (Wildman–Crippen LogP) is 4.37. The molecule has 128 valence electrons. The fourth-order valence-corrected chi connectivity index (χ4v) is 3.19. The summed E-state index contributed by atoms with van der Waals surface area (Å²) >= 11 is 12.6. The third-order valence-electron chi connectivity index (χ3n) is 3.17. The fourth-order valence-electron chi connectivity index (χ4n) is 1.90. The average Bonchev–Trinajstić information content (AvgIpc) is 2.78. The Morgan fingerprint density at radius 2 is 2.08 bits per heavy atom. The highest BCUT2D eigenvalue weighted by atomic mass is 35.5. The molecule has 0 N–H and O–H groups in total. The number of halogens is 2. The minimum Gasteiger partial charge on any atom is -0.464 e. The van der Waals surface area contributed by atoms with Crippen LogP contribution >= 0.6 is 35.0 Å². The van der Waals surface area contributed by atoms with Crippen molar-refractivity contribution in [2.45, 2.75) is 19.8 Å². The van der Waals surface area contributed by atoms with Crippen molar-refractivity contribution in [3.05, 3.63) is 38.7 Å². The molecular weight excluding hydrogens is 373 g/mol. The van der Waals surface area contributed by atoms with Crippen molar-refractivity contribution in [1.29, 1.82) is 0 Å². The monoisotopic (exact) mass is 387 g/mol. The van der Waals surface area contributed by atoms with Crippen molar-refractivity contribution < 1.29 is 19.1 Å². The van der Waals surface area contributed by atoms with Crippen LogP contribution in [0.3, 0.4) is 0 Å². The molecule has 2 amide bonds. The van der Waals surface area contributed by atoms with Crippen molar-refractivity contribution in [2.24, 2.45) is 0 Å². The molecule has 2 rings (SSSR count). The van der Waals surface area contributed by atoms with Crippen LogP contribution in [0.5, 0.6) is 0 Å². The van der Waals surface area contributed by atoms with Gasteiger partial charge in [0.15, 0.2) is 0 Å². The third-order valence-corrected chi connectivity index (χ3v) is 4.64. The highest BCUT2D eigenvalue weighted by molar-refractivity contribution is 8.18. The number of carbonyl (C=O) groups excluding carboxylic acids is 3. The van der Waals surface area contributed by atoms with Gasteiger partial charge in [-0.1, -0.05) is 42.6 Å². The molecule has 0 aromatic heterocycles. The van der Waals surface area contributed by atoms with E-state index in [-0.39, 0.29) is 18.1 Å². The molecule has 8 heteroatoms. The van der Waals surface area contributed by atoms with Gasteiger partial charge in [0.2, 0.25) is 0 Å². The maximum atomic E-state index is 12.3. The number of hydrogen-bond acceptors (Lipinski definition) is 5. The van der Waals surface area contributed by atoms with E-state index in [1.807, 2.05) is 6.92 Å². The van der Waals surface area contributed by atoms with E-state index in [4.69, 9.17) is 27.9 Å². The first-order valence-corrected chi connectivity index (χ1v) is 8.85. The van der Waals surface area contributed by atoms with Crippen LogP contribution in [-0.4, -0.2) is 35.2 Å². The Kier molecular flexibility index (Phi) is 6.71. The fraction of sp³-hybridized carbons (Fsp3) is 0.312. The van der Waals surface area contributed by atoms with E-state index in [0.717, 1.165) is 29.5 Å². The van der Waals surface area contributed by atoms with Crippen LogP contribution in [0, 0.1) is 0 Å². The van der Waals surface area contributed by atoms with Gasteiger partial charge in [0.25, 0.3) is 11.1 Å². The zero-order chi connectivity index (χ0) is 17.7. The maximum Gasteiger partial charge on any atom is 0.326 e. The molecule has 1 aliphatic heterocycles. The molecule has 1 fully saturated rings. The van der Waals surface area contributed by atoms with Crippen molar-refractivity contribution in [2.75, 3.05) is 13.2 Å². The van der Waals surface area contributed by atoms with E-state index in [1.54, 1.807) is 18.2 Å². The van der Waals surface area contributed by atoms with Crippen LogP contribution < -0.4 is 0 Å². The van der Waals surface area contributed by atoms with Crippen molar-refractivity contribution in [1.82, 2.24) is 4.90 Å². The van der Waals surface area contributed by atoms with Gasteiger partial charge in [-0.25, -0.2) is 0 Å². The lowest BCUT2D eigenvalue weighted by molar-refractivity contribution is -0.146. The first-order chi connectivity index (χ1) is 11.4. The second-order valence-corrected chi connectivity index (χ2v) is 6.84. The molecule has 0 atom stereocenters.